The van der Waals surface area contributed by atoms with Crippen LogP contribution in [0.15, 0.2) is 71.1 Å². The van der Waals surface area contributed by atoms with Gasteiger partial charge in [-0.3, -0.25) is 14.6 Å². The number of rotatable bonds is 6. The minimum Gasteiger partial charge on any atom is -0.350 e. The molecular formula is C25H24N4O2S. The monoisotopic (exact) mass is 444 g/mol. The van der Waals surface area contributed by atoms with E-state index in [1.807, 2.05) is 47.8 Å². The molecule has 1 aliphatic carbocycles. The Kier molecular flexibility index (Phi) is 5.57. The van der Waals surface area contributed by atoms with Gasteiger partial charge in [-0.25, -0.2) is 4.68 Å². The summed E-state index contributed by atoms with van der Waals surface area (Å²) in [6, 6.07) is 15.3. The first-order valence-corrected chi connectivity index (χ1v) is 11.8. The van der Waals surface area contributed by atoms with Gasteiger partial charge in [0.25, 0.3) is 5.56 Å². The zero-order valence-corrected chi connectivity index (χ0v) is 18.5. The fourth-order valence-electron chi connectivity index (χ4n) is 4.66. The van der Waals surface area contributed by atoms with E-state index in [-0.39, 0.29) is 18.0 Å². The van der Waals surface area contributed by atoms with E-state index in [1.54, 1.807) is 23.7 Å². The van der Waals surface area contributed by atoms with Gasteiger partial charge in [0.05, 0.1) is 29.6 Å². The summed E-state index contributed by atoms with van der Waals surface area (Å²) >= 11 is 1.65. The molecule has 1 fully saturated rings. The predicted molar refractivity (Wildman–Crippen MR) is 126 cm³/mol. The molecule has 4 aromatic rings. The molecule has 1 N–H and O–H groups in total. The lowest BCUT2D eigenvalue weighted by Gasteiger charge is -2.26. The molecule has 1 aromatic carbocycles. The molecule has 7 heteroatoms. The van der Waals surface area contributed by atoms with E-state index in [1.165, 1.54) is 4.68 Å². The maximum atomic E-state index is 13.4. The largest absolute Gasteiger partial charge is 0.350 e. The van der Waals surface area contributed by atoms with E-state index in [9.17, 15) is 9.59 Å². The molecule has 1 saturated carbocycles. The molecule has 0 radical (unpaired) electrons. The van der Waals surface area contributed by atoms with Crippen LogP contribution in [0, 0.1) is 0 Å². The predicted octanol–water partition coefficient (Wildman–Crippen LogP) is 4.03. The van der Waals surface area contributed by atoms with Crippen molar-refractivity contribution in [3.05, 3.63) is 92.8 Å². The van der Waals surface area contributed by atoms with E-state index >= 15 is 0 Å². The second kappa shape index (κ2) is 8.67. The van der Waals surface area contributed by atoms with E-state index in [0.717, 1.165) is 41.5 Å². The summed E-state index contributed by atoms with van der Waals surface area (Å²) < 4.78 is 1.46. The van der Waals surface area contributed by atoms with Crippen molar-refractivity contribution in [2.24, 2.45) is 0 Å². The maximum Gasteiger partial charge on any atom is 0.274 e. The Hall–Kier alpha value is -3.32. The molecule has 3 heterocycles. The van der Waals surface area contributed by atoms with Crippen LogP contribution < -0.4 is 10.9 Å². The smallest absolute Gasteiger partial charge is 0.274 e. The average Bonchev–Trinajstić information content (AvgIpc) is 3.54. The lowest BCUT2D eigenvalue weighted by atomic mass is 9.83. The Morgan fingerprint density at radius 1 is 1.06 bits per heavy atom. The summed E-state index contributed by atoms with van der Waals surface area (Å²) in [6.45, 7) is 0.609. The molecule has 0 atom stereocenters. The number of benzene rings is 1. The lowest BCUT2D eigenvalue weighted by molar-refractivity contribution is -0.126. The summed E-state index contributed by atoms with van der Waals surface area (Å²) in [5.41, 5.74) is 0.992. The summed E-state index contributed by atoms with van der Waals surface area (Å²) in [4.78, 5) is 31.7. The van der Waals surface area contributed by atoms with Crippen LogP contribution in [0.3, 0.4) is 0 Å². The molecule has 32 heavy (non-hydrogen) atoms. The molecule has 0 unspecified atom stereocenters. The Bertz CT molecular complexity index is 1290. The van der Waals surface area contributed by atoms with Crippen molar-refractivity contribution < 1.29 is 4.79 Å². The Morgan fingerprint density at radius 2 is 1.88 bits per heavy atom. The van der Waals surface area contributed by atoms with Crippen molar-refractivity contribution in [1.29, 1.82) is 0 Å². The third-order valence-corrected chi connectivity index (χ3v) is 7.37. The Labute approximate surface area is 189 Å². The zero-order valence-electron chi connectivity index (χ0n) is 17.7. The van der Waals surface area contributed by atoms with Crippen LogP contribution in [0.5, 0.6) is 0 Å². The Balaban J connectivity index is 1.47. The van der Waals surface area contributed by atoms with Crippen LogP contribution >= 0.6 is 11.3 Å². The summed E-state index contributed by atoms with van der Waals surface area (Å²) in [7, 11) is 0. The van der Waals surface area contributed by atoms with Crippen molar-refractivity contribution >= 4 is 28.0 Å². The summed E-state index contributed by atoms with van der Waals surface area (Å²) in [6.07, 6.45) is 7.29. The first kappa shape index (κ1) is 20.6. The van der Waals surface area contributed by atoms with Crippen molar-refractivity contribution in [2.45, 2.75) is 44.2 Å². The number of amides is 1. The quantitative estimate of drug-likeness (QED) is 0.487. The number of fused-ring (bicyclic) bond motifs is 1. The number of nitrogens with zero attached hydrogens (tertiary/aromatic N) is 3. The summed E-state index contributed by atoms with van der Waals surface area (Å²) in [5.74, 6) is 0.0494. The van der Waals surface area contributed by atoms with E-state index in [0.29, 0.717) is 17.6 Å². The third-order valence-electron chi connectivity index (χ3n) is 6.30. The number of hydrogen-bond donors (Lipinski definition) is 1. The number of pyridine rings is 1. The molecule has 5 rings (SSSR count). The van der Waals surface area contributed by atoms with E-state index < -0.39 is 5.41 Å². The molecule has 6 nitrogen and oxygen atoms in total. The van der Waals surface area contributed by atoms with Gasteiger partial charge < -0.3 is 5.32 Å². The van der Waals surface area contributed by atoms with Gasteiger partial charge in [-0.15, -0.1) is 11.3 Å². The van der Waals surface area contributed by atoms with E-state index in [4.69, 9.17) is 0 Å². The highest BCUT2D eigenvalue weighted by molar-refractivity contribution is 7.10. The molecule has 0 aliphatic heterocycles. The van der Waals surface area contributed by atoms with Crippen LogP contribution in [0.4, 0.5) is 0 Å². The molecule has 3 aromatic heterocycles. The normalized spacial score (nSPS) is 15.1. The van der Waals surface area contributed by atoms with E-state index in [2.05, 4.69) is 21.5 Å². The number of thiophene rings is 1. The SMILES string of the molecule is O=C(NCc1nn(Cc2cccnc2)c(=O)c2ccccc12)C1(c2cccs2)CCCC1. The molecule has 1 amide bonds. The van der Waals surface area contributed by atoms with Gasteiger partial charge >= 0.3 is 0 Å². The van der Waals surface area contributed by atoms with Gasteiger partial charge in [-0.1, -0.05) is 43.2 Å². The number of hydrogen-bond acceptors (Lipinski definition) is 5. The van der Waals surface area contributed by atoms with Gasteiger partial charge in [-0.2, -0.15) is 5.10 Å². The van der Waals surface area contributed by atoms with Gasteiger partial charge in [0.15, 0.2) is 0 Å². The van der Waals surface area contributed by atoms with Crippen molar-refractivity contribution in [3.63, 3.8) is 0 Å². The van der Waals surface area contributed by atoms with Gasteiger partial charge in [0.1, 0.15) is 0 Å². The topological polar surface area (TPSA) is 76.9 Å². The van der Waals surface area contributed by atoms with Crippen molar-refractivity contribution in [2.75, 3.05) is 0 Å². The first-order chi connectivity index (χ1) is 15.7. The molecule has 162 valence electrons. The van der Waals surface area contributed by atoms with Gasteiger partial charge in [0.2, 0.25) is 5.91 Å². The first-order valence-electron chi connectivity index (χ1n) is 10.9. The van der Waals surface area contributed by atoms with Crippen LogP contribution in [-0.2, 0) is 23.3 Å². The van der Waals surface area contributed by atoms with Crippen molar-refractivity contribution in [3.8, 4) is 0 Å². The molecule has 0 bridgehead atoms. The van der Waals surface area contributed by atoms with Crippen LogP contribution in [0.2, 0.25) is 0 Å². The van der Waals surface area contributed by atoms with Crippen LogP contribution in [0.25, 0.3) is 10.8 Å². The van der Waals surface area contributed by atoms with Crippen LogP contribution in [-0.4, -0.2) is 20.7 Å². The standard InChI is InChI=1S/C25H24N4O2S/c30-23-20-9-2-1-8-19(20)21(28-29(23)17-18-7-5-13-26-15-18)16-27-24(31)25(11-3-4-12-25)22-10-6-14-32-22/h1-2,5-10,13-15H,3-4,11-12,16-17H2,(H,27,31). The molecule has 0 saturated heterocycles. The lowest BCUT2D eigenvalue weighted by Crippen LogP contribution is -2.42. The highest BCUT2D eigenvalue weighted by atomic mass is 32.1. The summed E-state index contributed by atoms with van der Waals surface area (Å²) in [5, 5.41) is 11.2. The highest BCUT2D eigenvalue weighted by Crippen LogP contribution is 2.43. The Morgan fingerprint density at radius 3 is 2.59 bits per heavy atom. The fourth-order valence-corrected chi connectivity index (χ4v) is 5.64. The minimum absolute atomic E-state index is 0.0494. The molecular weight excluding hydrogens is 420 g/mol. The van der Waals surface area contributed by atoms with Crippen LogP contribution in [0.1, 0.15) is 41.8 Å². The van der Waals surface area contributed by atoms with Crippen molar-refractivity contribution in [1.82, 2.24) is 20.1 Å². The average molecular weight is 445 g/mol. The third kappa shape index (κ3) is 3.73. The second-order valence-corrected chi connectivity index (χ2v) is 9.21. The fraction of sp³-hybridized carbons (Fsp3) is 0.280. The molecule has 0 spiro atoms. The number of nitrogens with one attached hydrogen (secondary N) is 1. The highest BCUT2D eigenvalue weighted by Gasteiger charge is 2.43. The maximum absolute atomic E-state index is 13.4. The number of carbonyl (C=O) groups is 1. The molecule has 1 aliphatic rings. The number of aromatic nitrogens is 3. The van der Waals surface area contributed by atoms with Gasteiger partial charge in [-0.05, 0) is 42.0 Å². The number of carbonyl (C=O) groups excluding carboxylic acids is 1. The zero-order chi connectivity index (χ0) is 22.0. The minimum atomic E-state index is -0.450. The second-order valence-electron chi connectivity index (χ2n) is 8.27. The van der Waals surface area contributed by atoms with Gasteiger partial charge in [0, 0.05) is 22.7 Å².